The third-order valence-electron chi connectivity index (χ3n) is 2.60. The standard InChI is InChI=1S/C12H16N2O/c1-7(2)9-5-13-6-10-11(8(3)4)14-15-12(9)10/h5-8H,1-4H3. The predicted molar refractivity (Wildman–Crippen MR) is 60.0 cm³/mol. The molecule has 0 aliphatic rings. The molecule has 0 unspecified atom stereocenters. The first-order valence-corrected chi connectivity index (χ1v) is 5.34. The van der Waals surface area contributed by atoms with Crippen molar-refractivity contribution in [3.63, 3.8) is 0 Å². The smallest absolute Gasteiger partial charge is 0.173 e. The van der Waals surface area contributed by atoms with Gasteiger partial charge in [-0.2, -0.15) is 0 Å². The largest absolute Gasteiger partial charge is 0.356 e. The number of rotatable bonds is 2. The van der Waals surface area contributed by atoms with Crippen LogP contribution in [-0.4, -0.2) is 10.1 Å². The van der Waals surface area contributed by atoms with Gasteiger partial charge in [-0.1, -0.05) is 32.9 Å². The van der Waals surface area contributed by atoms with Crippen LogP contribution in [0.1, 0.15) is 50.8 Å². The first kappa shape index (κ1) is 10.1. The molecule has 2 rings (SSSR count). The van der Waals surface area contributed by atoms with Crippen molar-refractivity contribution < 1.29 is 4.52 Å². The van der Waals surface area contributed by atoms with Gasteiger partial charge in [-0.3, -0.25) is 4.98 Å². The van der Waals surface area contributed by atoms with Crippen molar-refractivity contribution in [1.82, 2.24) is 10.1 Å². The fourth-order valence-electron chi connectivity index (χ4n) is 1.72. The summed E-state index contributed by atoms with van der Waals surface area (Å²) in [7, 11) is 0. The van der Waals surface area contributed by atoms with E-state index < -0.39 is 0 Å². The molecule has 0 saturated carbocycles. The first-order valence-electron chi connectivity index (χ1n) is 5.34. The van der Waals surface area contributed by atoms with E-state index in [0.29, 0.717) is 11.8 Å². The maximum absolute atomic E-state index is 5.41. The Morgan fingerprint density at radius 1 is 1.07 bits per heavy atom. The zero-order valence-electron chi connectivity index (χ0n) is 9.61. The van der Waals surface area contributed by atoms with Gasteiger partial charge in [0.25, 0.3) is 0 Å². The predicted octanol–water partition coefficient (Wildman–Crippen LogP) is 3.47. The van der Waals surface area contributed by atoms with E-state index in [9.17, 15) is 0 Å². The van der Waals surface area contributed by atoms with Crippen molar-refractivity contribution in [2.45, 2.75) is 39.5 Å². The molecule has 15 heavy (non-hydrogen) atoms. The average molecular weight is 204 g/mol. The van der Waals surface area contributed by atoms with Gasteiger partial charge >= 0.3 is 0 Å². The van der Waals surface area contributed by atoms with E-state index in [2.05, 4.69) is 37.8 Å². The minimum Gasteiger partial charge on any atom is -0.356 e. The van der Waals surface area contributed by atoms with Crippen LogP contribution in [-0.2, 0) is 0 Å². The van der Waals surface area contributed by atoms with Gasteiger partial charge in [0.2, 0.25) is 0 Å². The molecule has 0 N–H and O–H groups in total. The third-order valence-corrected chi connectivity index (χ3v) is 2.60. The van der Waals surface area contributed by atoms with Crippen molar-refractivity contribution >= 4 is 11.0 Å². The Labute approximate surface area is 89.5 Å². The molecule has 0 atom stereocenters. The lowest BCUT2D eigenvalue weighted by molar-refractivity contribution is 0.438. The fourth-order valence-corrected chi connectivity index (χ4v) is 1.72. The highest BCUT2D eigenvalue weighted by molar-refractivity contribution is 5.82. The molecule has 3 heteroatoms. The van der Waals surface area contributed by atoms with E-state index in [0.717, 1.165) is 22.2 Å². The summed E-state index contributed by atoms with van der Waals surface area (Å²) in [6, 6.07) is 0. The van der Waals surface area contributed by atoms with Crippen molar-refractivity contribution in [2.75, 3.05) is 0 Å². The number of nitrogens with zero attached hydrogens (tertiary/aromatic N) is 2. The summed E-state index contributed by atoms with van der Waals surface area (Å²) in [6.45, 7) is 8.49. The van der Waals surface area contributed by atoms with Gasteiger partial charge in [0, 0.05) is 18.0 Å². The summed E-state index contributed by atoms with van der Waals surface area (Å²) < 4.78 is 5.41. The second-order valence-corrected chi connectivity index (χ2v) is 4.48. The number of hydrogen-bond acceptors (Lipinski definition) is 3. The molecular formula is C12H16N2O. The lowest BCUT2D eigenvalue weighted by Gasteiger charge is -2.04. The minimum absolute atomic E-state index is 0.371. The quantitative estimate of drug-likeness (QED) is 0.751. The van der Waals surface area contributed by atoms with Gasteiger partial charge in [-0.15, -0.1) is 0 Å². The van der Waals surface area contributed by atoms with Crippen LogP contribution in [0.5, 0.6) is 0 Å². The molecule has 2 aromatic rings. The third kappa shape index (κ3) is 1.62. The molecule has 2 heterocycles. The van der Waals surface area contributed by atoms with Crippen molar-refractivity contribution in [3.05, 3.63) is 23.7 Å². The van der Waals surface area contributed by atoms with E-state index in [-0.39, 0.29) is 0 Å². The molecule has 0 aromatic carbocycles. The number of hydrogen-bond donors (Lipinski definition) is 0. The molecule has 0 fully saturated rings. The summed E-state index contributed by atoms with van der Waals surface area (Å²) in [5.41, 5.74) is 3.02. The molecule has 0 amide bonds. The van der Waals surface area contributed by atoms with E-state index in [1.807, 2.05) is 12.4 Å². The Kier molecular flexibility index (Phi) is 2.47. The summed E-state index contributed by atoms with van der Waals surface area (Å²) >= 11 is 0. The van der Waals surface area contributed by atoms with Crippen molar-refractivity contribution in [1.29, 1.82) is 0 Å². The molecule has 2 aromatic heterocycles. The maximum atomic E-state index is 5.41. The highest BCUT2D eigenvalue weighted by atomic mass is 16.5. The minimum atomic E-state index is 0.371. The van der Waals surface area contributed by atoms with Crippen LogP contribution >= 0.6 is 0 Å². The molecule has 3 nitrogen and oxygen atoms in total. The van der Waals surface area contributed by atoms with Gasteiger partial charge < -0.3 is 4.52 Å². The van der Waals surface area contributed by atoms with Crippen LogP contribution in [0.2, 0.25) is 0 Å². The lowest BCUT2D eigenvalue weighted by Crippen LogP contribution is -1.91. The molecule has 80 valence electrons. The molecule has 0 radical (unpaired) electrons. The van der Waals surface area contributed by atoms with Crippen LogP contribution in [0.3, 0.4) is 0 Å². The zero-order chi connectivity index (χ0) is 11.0. The normalized spacial score (nSPS) is 11.9. The van der Waals surface area contributed by atoms with Gasteiger partial charge in [0.05, 0.1) is 11.1 Å². The SMILES string of the molecule is CC(C)c1noc2c(C(C)C)cncc12. The monoisotopic (exact) mass is 204 g/mol. The molecule has 0 spiro atoms. The van der Waals surface area contributed by atoms with E-state index in [4.69, 9.17) is 4.52 Å². The van der Waals surface area contributed by atoms with Crippen LogP contribution in [0.25, 0.3) is 11.0 Å². The zero-order valence-corrected chi connectivity index (χ0v) is 9.61. The fraction of sp³-hybridized carbons (Fsp3) is 0.500. The van der Waals surface area contributed by atoms with E-state index in [1.54, 1.807) is 0 Å². The average Bonchev–Trinajstić information content (AvgIpc) is 2.59. The lowest BCUT2D eigenvalue weighted by atomic mass is 10.0. The maximum Gasteiger partial charge on any atom is 0.173 e. The highest BCUT2D eigenvalue weighted by Gasteiger charge is 2.16. The Morgan fingerprint density at radius 3 is 2.40 bits per heavy atom. The van der Waals surface area contributed by atoms with Gasteiger partial charge in [0.1, 0.15) is 0 Å². The van der Waals surface area contributed by atoms with Crippen molar-refractivity contribution in [3.8, 4) is 0 Å². The second kappa shape index (κ2) is 3.65. The highest BCUT2D eigenvalue weighted by Crippen LogP contribution is 2.29. The summed E-state index contributed by atoms with van der Waals surface area (Å²) in [6.07, 6.45) is 3.70. The number of fused-ring (bicyclic) bond motifs is 1. The summed E-state index contributed by atoms with van der Waals surface area (Å²) in [4.78, 5) is 4.25. The Morgan fingerprint density at radius 2 is 1.80 bits per heavy atom. The van der Waals surface area contributed by atoms with Crippen LogP contribution < -0.4 is 0 Å². The molecule has 0 saturated heterocycles. The van der Waals surface area contributed by atoms with Crippen molar-refractivity contribution in [2.24, 2.45) is 0 Å². The molecule has 0 aliphatic heterocycles. The Balaban J connectivity index is 2.69. The van der Waals surface area contributed by atoms with E-state index >= 15 is 0 Å². The summed E-state index contributed by atoms with van der Waals surface area (Å²) in [5, 5.41) is 5.17. The molecule has 0 aliphatic carbocycles. The molecule has 0 bridgehead atoms. The first-order chi connectivity index (χ1) is 7.11. The van der Waals surface area contributed by atoms with Crippen LogP contribution in [0, 0.1) is 0 Å². The number of aromatic nitrogens is 2. The summed E-state index contributed by atoms with van der Waals surface area (Å²) in [5.74, 6) is 0.782. The Bertz CT molecular complexity index is 471. The van der Waals surface area contributed by atoms with Gasteiger partial charge in [0.15, 0.2) is 5.58 Å². The Hall–Kier alpha value is -1.38. The van der Waals surface area contributed by atoms with Gasteiger partial charge in [-0.25, -0.2) is 0 Å². The number of pyridine rings is 1. The van der Waals surface area contributed by atoms with E-state index in [1.165, 1.54) is 0 Å². The second-order valence-electron chi connectivity index (χ2n) is 4.48. The van der Waals surface area contributed by atoms with Crippen LogP contribution in [0.15, 0.2) is 16.9 Å². The topological polar surface area (TPSA) is 38.9 Å². The molecular weight excluding hydrogens is 188 g/mol. The van der Waals surface area contributed by atoms with Crippen LogP contribution in [0.4, 0.5) is 0 Å². The van der Waals surface area contributed by atoms with Gasteiger partial charge in [-0.05, 0) is 11.8 Å².